The van der Waals surface area contributed by atoms with E-state index in [2.05, 4.69) is 4.72 Å². The van der Waals surface area contributed by atoms with Crippen molar-refractivity contribution < 1.29 is 17.9 Å². The van der Waals surface area contributed by atoms with Crippen LogP contribution in [0.15, 0.2) is 53.4 Å². The van der Waals surface area contributed by atoms with Crippen LogP contribution in [-0.4, -0.2) is 29.2 Å². The van der Waals surface area contributed by atoms with Crippen molar-refractivity contribution in [3.05, 3.63) is 54.1 Å². The zero-order valence-electron chi connectivity index (χ0n) is 12.6. The molecule has 2 aromatic rings. The van der Waals surface area contributed by atoms with Crippen LogP contribution in [0.1, 0.15) is 5.56 Å². The summed E-state index contributed by atoms with van der Waals surface area (Å²) in [6.45, 7) is 0.312. The normalized spacial score (nSPS) is 11.2. The number of sulfonamides is 1. The third-order valence-electron chi connectivity index (χ3n) is 3.19. The summed E-state index contributed by atoms with van der Waals surface area (Å²) >= 11 is 0. The lowest BCUT2D eigenvalue weighted by molar-refractivity contribution is 0.413. The van der Waals surface area contributed by atoms with Crippen molar-refractivity contribution in [1.29, 1.82) is 0 Å². The molecule has 1 N–H and O–H groups in total. The lowest BCUT2D eigenvalue weighted by Gasteiger charge is -2.09. The fourth-order valence-electron chi connectivity index (χ4n) is 2.01. The van der Waals surface area contributed by atoms with Gasteiger partial charge in [-0.2, -0.15) is 0 Å². The SMILES string of the molecule is COc1cccc(CCNS(=O)(=O)c2cccc(OC)c2)c1. The maximum atomic E-state index is 12.2. The highest BCUT2D eigenvalue weighted by Gasteiger charge is 2.14. The Kier molecular flexibility index (Phi) is 5.41. The molecule has 0 amide bonds. The Balaban J connectivity index is 2.00. The Labute approximate surface area is 130 Å². The van der Waals surface area contributed by atoms with Crippen molar-refractivity contribution in [2.24, 2.45) is 0 Å². The van der Waals surface area contributed by atoms with E-state index in [1.54, 1.807) is 19.2 Å². The standard InChI is InChI=1S/C16H19NO4S/c1-20-14-6-3-5-13(11-14)9-10-17-22(18,19)16-8-4-7-15(12-16)21-2/h3-8,11-12,17H,9-10H2,1-2H3. The molecule has 0 heterocycles. The van der Waals surface area contributed by atoms with Crippen molar-refractivity contribution >= 4 is 10.0 Å². The fraction of sp³-hybridized carbons (Fsp3) is 0.250. The Morgan fingerprint density at radius 3 is 2.27 bits per heavy atom. The molecule has 22 heavy (non-hydrogen) atoms. The van der Waals surface area contributed by atoms with Crippen LogP contribution in [-0.2, 0) is 16.4 Å². The molecule has 0 radical (unpaired) electrons. The lowest BCUT2D eigenvalue weighted by Crippen LogP contribution is -2.26. The number of nitrogens with one attached hydrogen (secondary N) is 1. The molecule has 5 nitrogen and oxygen atoms in total. The van der Waals surface area contributed by atoms with Crippen molar-refractivity contribution in [3.8, 4) is 11.5 Å². The molecule has 0 saturated heterocycles. The third-order valence-corrected chi connectivity index (χ3v) is 4.65. The zero-order chi connectivity index (χ0) is 16.0. The monoisotopic (exact) mass is 321 g/mol. The minimum Gasteiger partial charge on any atom is -0.497 e. The summed E-state index contributed by atoms with van der Waals surface area (Å²) in [6, 6.07) is 13.9. The van der Waals surface area contributed by atoms with E-state index in [9.17, 15) is 8.42 Å². The van der Waals surface area contributed by atoms with Crippen LogP contribution in [0.25, 0.3) is 0 Å². The Morgan fingerprint density at radius 2 is 1.59 bits per heavy atom. The summed E-state index contributed by atoms with van der Waals surface area (Å²) < 4.78 is 37.2. The summed E-state index contributed by atoms with van der Waals surface area (Å²) in [5, 5.41) is 0. The second-order valence-corrected chi connectivity index (χ2v) is 6.45. The fourth-order valence-corrected chi connectivity index (χ4v) is 3.08. The average Bonchev–Trinajstić information content (AvgIpc) is 2.55. The second kappa shape index (κ2) is 7.29. The molecule has 0 unspecified atom stereocenters. The van der Waals surface area contributed by atoms with Gasteiger partial charge in [0.2, 0.25) is 10.0 Å². The molecule has 6 heteroatoms. The van der Waals surface area contributed by atoms with E-state index in [1.807, 2.05) is 24.3 Å². The maximum Gasteiger partial charge on any atom is 0.240 e. The van der Waals surface area contributed by atoms with Gasteiger partial charge in [0.1, 0.15) is 11.5 Å². The minimum absolute atomic E-state index is 0.192. The predicted molar refractivity (Wildman–Crippen MR) is 84.9 cm³/mol. The third kappa shape index (κ3) is 4.22. The smallest absolute Gasteiger partial charge is 0.240 e. The van der Waals surface area contributed by atoms with E-state index in [-0.39, 0.29) is 4.90 Å². The van der Waals surface area contributed by atoms with E-state index in [0.717, 1.165) is 11.3 Å². The first kappa shape index (κ1) is 16.3. The van der Waals surface area contributed by atoms with E-state index < -0.39 is 10.0 Å². The largest absolute Gasteiger partial charge is 0.497 e. The van der Waals surface area contributed by atoms with Gasteiger partial charge in [-0.05, 0) is 36.2 Å². The Morgan fingerprint density at radius 1 is 0.955 bits per heavy atom. The minimum atomic E-state index is -3.54. The van der Waals surface area contributed by atoms with Crippen LogP contribution in [0, 0.1) is 0 Å². The van der Waals surface area contributed by atoms with Gasteiger partial charge in [-0.15, -0.1) is 0 Å². The molecule has 118 valence electrons. The van der Waals surface area contributed by atoms with Gasteiger partial charge < -0.3 is 9.47 Å². The Bertz CT molecular complexity index is 728. The van der Waals surface area contributed by atoms with Crippen LogP contribution in [0.5, 0.6) is 11.5 Å². The van der Waals surface area contributed by atoms with Crippen molar-refractivity contribution in [2.45, 2.75) is 11.3 Å². The number of methoxy groups -OCH3 is 2. The van der Waals surface area contributed by atoms with Crippen LogP contribution < -0.4 is 14.2 Å². The number of ether oxygens (including phenoxy) is 2. The molecular formula is C16H19NO4S. The van der Waals surface area contributed by atoms with Crippen LogP contribution >= 0.6 is 0 Å². The highest BCUT2D eigenvalue weighted by Crippen LogP contribution is 2.17. The molecule has 2 rings (SSSR count). The van der Waals surface area contributed by atoms with Gasteiger partial charge in [-0.3, -0.25) is 0 Å². The van der Waals surface area contributed by atoms with Crippen LogP contribution in [0.4, 0.5) is 0 Å². The van der Waals surface area contributed by atoms with E-state index in [1.165, 1.54) is 19.2 Å². The molecular weight excluding hydrogens is 302 g/mol. The van der Waals surface area contributed by atoms with E-state index in [0.29, 0.717) is 18.7 Å². The first-order valence-electron chi connectivity index (χ1n) is 6.82. The van der Waals surface area contributed by atoms with E-state index >= 15 is 0 Å². The topological polar surface area (TPSA) is 64.6 Å². The summed E-state index contributed by atoms with van der Waals surface area (Å²) in [5.74, 6) is 1.27. The van der Waals surface area contributed by atoms with Gasteiger partial charge in [0.25, 0.3) is 0 Å². The van der Waals surface area contributed by atoms with Gasteiger partial charge in [-0.1, -0.05) is 18.2 Å². The van der Waals surface area contributed by atoms with Crippen molar-refractivity contribution in [1.82, 2.24) is 4.72 Å². The summed E-state index contributed by atoms with van der Waals surface area (Å²) in [6.07, 6.45) is 0.584. The maximum absolute atomic E-state index is 12.2. The van der Waals surface area contributed by atoms with Crippen LogP contribution in [0.3, 0.4) is 0 Å². The van der Waals surface area contributed by atoms with Gasteiger partial charge in [0.05, 0.1) is 19.1 Å². The predicted octanol–water partition coefficient (Wildman–Crippen LogP) is 2.22. The van der Waals surface area contributed by atoms with Crippen LogP contribution in [0.2, 0.25) is 0 Å². The number of rotatable bonds is 7. The molecule has 0 aliphatic heterocycles. The highest BCUT2D eigenvalue weighted by molar-refractivity contribution is 7.89. The summed E-state index contributed by atoms with van der Waals surface area (Å²) in [5.41, 5.74) is 1.01. The number of hydrogen-bond donors (Lipinski definition) is 1. The molecule has 0 bridgehead atoms. The summed E-state index contributed by atoms with van der Waals surface area (Å²) in [4.78, 5) is 0.192. The van der Waals surface area contributed by atoms with Gasteiger partial charge in [0.15, 0.2) is 0 Å². The molecule has 0 fully saturated rings. The van der Waals surface area contributed by atoms with E-state index in [4.69, 9.17) is 9.47 Å². The van der Waals surface area contributed by atoms with Gasteiger partial charge in [-0.25, -0.2) is 13.1 Å². The first-order chi connectivity index (χ1) is 10.5. The molecule has 0 spiro atoms. The van der Waals surface area contributed by atoms with Gasteiger partial charge in [0, 0.05) is 12.6 Å². The molecule has 0 aliphatic rings. The molecule has 2 aromatic carbocycles. The summed E-state index contributed by atoms with van der Waals surface area (Å²) in [7, 11) is -0.436. The molecule has 0 saturated carbocycles. The molecule has 0 aliphatic carbocycles. The first-order valence-corrected chi connectivity index (χ1v) is 8.30. The second-order valence-electron chi connectivity index (χ2n) is 4.68. The number of benzene rings is 2. The van der Waals surface area contributed by atoms with Crippen molar-refractivity contribution in [2.75, 3.05) is 20.8 Å². The molecule has 0 atom stereocenters. The Hall–Kier alpha value is -2.05. The van der Waals surface area contributed by atoms with Gasteiger partial charge >= 0.3 is 0 Å². The quantitative estimate of drug-likeness (QED) is 0.849. The van der Waals surface area contributed by atoms with Crippen molar-refractivity contribution in [3.63, 3.8) is 0 Å². The molecule has 0 aromatic heterocycles. The highest BCUT2D eigenvalue weighted by atomic mass is 32.2. The zero-order valence-corrected chi connectivity index (χ0v) is 13.4. The number of hydrogen-bond acceptors (Lipinski definition) is 4. The lowest BCUT2D eigenvalue weighted by atomic mass is 10.1. The average molecular weight is 321 g/mol.